The highest BCUT2D eigenvalue weighted by Crippen LogP contribution is 2.59. The number of benzene rings is 7. The molecule has 0 fully saturated rings. The van der Waals surface area contributed by atoms with Gasteiger partial charge in [-0.05, 0) is 115 Å². The largest absolute Gasteiger partial charge is 0.453 e. The fourth-order valence-electron chi connectivity index (χ4n) is 11.1. The van der Waals surface area contributed by atoms with E-state index in [1.165, 1.54) is 95.0 Å². The van der Waals surface area contributed by atoms with Gasteiger partial charge in [-0.15, -0.1) is 0 Å². The van der Waals surface area contributed by atoms with Crippen LogP contribution in [0.2, 0.25) is 0 Å². The molecule has 0 bridgehead atoms. The van der Waals surface area contributed by atoms with Gasteiger partial charge in [0.05, 0.1) is 28.4 Å². The van der Waals surface area contributed by atoms with Crippen LogP contribution in [-0.4, -0.2) is 6.71 Å². The summed E-state index contributed by atoms with van der Waals surface area (Å²) >= 11 is 0. The quantitative estimate of drug-likeness (QED) is 0.156. The van der Waals surface area contributed by atoms with Gasteiger partial charge in [0.15, 0.2) is 11.5 Å². The fraction of sp³-hybridized carbons (Fsp3) is 0.192. The summed E-state index contributed by atoms with van der Waals surface area (Å²) in [5.74, 6) is 1.71. The van der Waals surface area contributed by atoms with Crippen molar-refractivity contribution in [2.24, 2.45) is 0 Å². The molecule has 0 amide bonds. The summed E-state index contributed by atoms with van der Waals surface area (Å²) < 4.78 is 6.57. The molecule has 0 unspecified atom stereocenters. The van der Waals surface area contributed by atoms with Crippen LogP contribution in [0.5, 0.6) is 11.5 Å². The van der Waals surface area contributed by atoms with Crippen molar-refractivity contribution in [2.45, 2.75) is 66.2 Å². The maximum atomic E-state index is 6.57. The molecule has 0 saturated carbocycles. The maximum Gasteiger partial charge on any atom is 0.252 e. The lowest BCUT2D eigenvalue weighted by Gasteiger charge is -2.52. The Kier molecular flexibility index (Phi) is 6.25. The second-order valence-electron chi connectivity index (χ2n) is 18.2. The van der Waals surface area contributed by atoms with E-state index in [9.17, 15) is 0 Å². The molecule has 12 rings (SSSR count). The summed E-state index contributed by atoms with van der Waals surface area (Å²) in [7, 11) is 0. The molecule has 0 saturated heterocycles. The Labute approximate surface area is 336 Å². The van der Waals surface area contributed by atoms with Crippen LogP contribution in [0.3, 0.4) is 0 Å². The average Bonchev–Trinajstić information content (AvgIpc) is 3.19. The van der Waals surface area contributed by atoms with Gasteiger partial charge < -0.3 is 19.4 Å². The summed E-state index contributed by atoms with van der Waals surface area (Å²) in [5, 5.41) is 0. The Morgan fingerprint density at radius 3 is 1.33 bits per heavy atom. The molecule has 0 spiro atoms. The molecule has 5 aliphatic heterocycles. The van der Waals surface area contributed by atoms with Gasteiger partial charge in [-0.2, -0.15) is 0 Å². The van der Waals surface area contributed by atoms with Gasteiger partial charge in [-0.3, -0.25) is 0 Å². The third-order valence-electron chi connectivity index (χ3n) is 13.7. The Hall–Kier alpha value is -6.20. The van der Waals surface area contributed by atoms with Crippen molar-refractivity contribution in [1.82, 2.24) is 0 Å². The zero-order valence-electron chi connectivity index (χ0n) is 33.9. The zero-order valence-corrected chi connectivity index (χ0v) is 33.9. The number of rotatable bonds is 1. The standard InChI is InChI=1S/C52H44BN3O/c1-29-17-19-40-34(21-29)51(5,6)36-23-31(3)25-38-49(36)55(40)44-27-33(54-42-13-9-11-15-46(42)57-47-16-12-10-14-43(47)54)28-45-48(44)53(38)39-26-32(4)24-37-50(39)56(45)41-20-18-30(2)22-35(41)52(37,7)8/h9-28H,1-8H3. The first kappa shape index (κ1) is 33.0. The molecular weight excluding hydrogens is 693 g/mol. The van der Waals surface area contributed by atoms with Crippen molar-refractivity contribution in [3.8, 4) is 11.5 Å². The van der Waals surface area contributed by atoms with Crippen LogP contribution in [0.4, 0.5) is 51.2 Å². The Bertz CT molecular complexity index is 2780. The number of para-hydroxylation sites is 4. The van der Waals surface area contributed by atoms with Crippen LogP contribution >= 0.6 is 0 Å². The predicted molar refractivity (Wildman–Crippen MR) is 238 cm³/mol. The monoisotopic (exact) mass is 737 g/mol. The van der Waals surface area contributed by atoms with E-state index in [1.54, 1.807) is 0 Å². The first-order valence-corrected chi connectivity index (χ1v) is 20.4. The Morgan fingerprint density at radius 2 is 0.860 bits per heavy atom. The second kappa shape index (κ2) is 10.8. The number of ether oxygens (including phenoxy) is 1. The highest BCUT2D eigenvalue weighted by Gasteiger charge is 2.51. The third-order valence-corrected chi connectivity index (χ3v) is 13.7. The van der Waals surface area contributed by atoms with Gasteiger partial charge in [0, 0.05) is 33.6 Å². The third kappa shape index (κ3) is 4.14. The van der Waals surface area contributed by atoms with Crippen LogP contribution in [0, 0.1) is 27.7 Å². The minimum atomic E-state index is -0.195. The lowest BCUT2D eigenvalue weighted by Crippen LogP contribution is -2.63. The summed E-state index contributed by atoms with van der Waals surface area (Å²) in [6.07, 6.45) is 0. The van der Waals surface area contributed by atoms with Crippen molar-refractivity contribution in [3.05, 3.63) is 166 Å². The van der Waals surface area contributed by atoms with E-state index in [4.69, 9.17) is 4.74 Å². The van der Waals surface area contributed by atoms with E-state index in [1.807, 2.05) is 0 Å². The molecule has 0 N–H and O–H groups in total. The fourth-order valence-corrected chi connectivity index (χ4v) is 11.1. The smallest absolute Gasteiger partial charge is 0.252 e. The molecule has 5 heteroatoms. The molecule has 0 atom stereocenters. The zero-order chi connectivity index (χ0) is 38.9. The van der Waals surface area contributed by atoms with Gasteiger partial charge in [0.25, 0.3) is 6.71 Å². The van der Waals surface area contributed by atoms with Gasteiger partial charge >= 0.3 is 0 Å². The number of aryl methyl sites for hydroxylation is 4. The molecule has 57 heavy (non-hydrogen) atoms. The maximum absolute atomic E-state index is 6.57. The summed E-state index contributed by atoms with van der Waals surface area (Å²) in [5.41, 5.74) is 25.3. The van der Waals surface area contributed by atoms with Crippen LogP contribution in [0.25, 0.3) is 0 Å². The highest BCUT2D eigenvalue weighted by molar-refractivity contribution is 7.00. The normalized spacial score (nSPS) is 16.4. The molecule has 0 aliphatic carbocycles. The number of anilines is 9. The average molecular weight is 738 g/mol. The second-order valence-corrected chi connectivity index (χ2v) is 18.2. The lowest BCUT2D eigenvalue weighted by molar-refractivity contribution is 0.477. The van der Waals surface area contributed by atoms with E-state index in [2.05, 4.69) is 191 Å². The first-order valence-electron chi connectivity index (χ1n) is 20.4. The van der Waals surface area contributed by atoms with Crippen molar-refractivity contribution in [1.29, 1.82) is 0 Å². The van der Waals surface area contributed by atoms with Gasteiger partial charge in [-0.25, -0.2) is 0 Å². The molecule has 4 nitrogen and oxygen atoms in total. The van der Waals surface area contributed by atoms with Gasteiger partial charge in [0.2, 0.25) is 0 Å². The van der Waals surface area contributed by atoms with Crippen LogP contribution in [0.1, 0.15) is 72.2 Å². The SMILES string of the molecule is Cc1ccc2c(c1)C(C)(C)c1cc(C)cc3c1N2c1cc(N2c4ccccc4Oc4ccccc42)cc2c1B3c1cc(C)cc3c1N2c1ccc(C)cc1C3(C)C. The number of hydrogen-bond acceptors (Lipinski definition) is 4. The van der Waals surface area contributed by atoms with Crippen LogP contribution in [-0.2, 0) is 10.8 Å². The first-order chi connectivity index (χ1) is 27.4. The summed E-state index contributed by atoms with van der Waals surface area (Å²) in [6.45, 7) is 18.8. The van der Waals surface area contributed by atoms with E-state index in [0.717, 1.165) is 28.6 Å². The lowest BCUT2D eigenvalue weighted by atomic mass is 9.32. The van der Waals surface area contributed by atoms with E-state index in [-0.39, 0.29) is 17.5 Å². The molecule has 5 aliphatic rings. The molecular formula is C52H44BN3O. The van der Waals surface area contributed by atoms with Crippen molar-refractivity contribution >= 4 is 74.3 Å². The molecule has 0 aromatic heterocycles. The Balaban J connectivity index is 1.27. The predicted octanol–water partition coefficient (Wildman–Crippen LogP) is 11.9. The summed E-state index contributed by atoms with van der Waals surface area (Å²) in [4.78, 5) is 7.69. The highest BCUT2D eigenvalue weighted by atomic mass is 16.5. The number of nitrogens with zero attached hydrogens (tertiary/aromatic N) is 3. The van der Waals surface area contributed by atoms with Crippen LogP contribution in [0.15, 0.2) is 121 Å². The summed E-state index contributed by atoms with van der Waals surface area (Å²) in [6, 6.07) is 46.0. The molecule has 7 aromatic carbocycles. The van der Waals surface area contributed by atoms with Gasteiger partial charge in [0.1, 0.15) is 0 Å². The van der Waals surface area contributed by atoms with E-state index in [0.29, 0.717) is 0 Å². The minimum absolute atomic E-state index is 0.0497. The van der Waals surface area contributed by atoms with E-state index < -0.39 is 0 Å². The van der Waals surface area contributed by atoms with Crippen molar-refractivity contribution < 1.29 is 4.74 Å². The van der Waals surface area contributed by atoms with Crippen LogP contribution < -0.4 is 35.8 Å². The molecule has 276 valence electrons. The minimum Gasteiger partial charge on any atom is -0.453 e. The molecule has 7 aromatic rings. The Morgan fingerprint density at radius 1 is 0.421 bits per heavy atom. The van der Waals surface area contributed by atoms with E-state index >= 15 is 0 Å². The molecule has 5 heterocycles. The van der Waals surface area contributed by atoms with Crippen molar-refractivity contribution in [3.63, 3.8) is 0 Å². The van der Waals surface area contributed by atoms with Gasteiger partial charge in [-0.1, -0.05) is 123 Å². The number of hydrogen-bond donors (Lipinski definition) is 0. The molecule has 0 radical (unpaired) electrons. The van der Waals surface area contributed by atoms with Crippen molar-refractivity contribution in [2.75, 3.05) is 14.7 Å². The number of fused-ring (bicyclic) bond motifs is 10. The topological polar surface area (TPSA) is 19.0 Å².